The van der Waals surface area contributed by atoms with Crippen LogP contribution >= 0.6 is 0 Å². The number of carboxylic acid groups (broad SMARTS) is 1. The summed E-state index contributed by atoms with van der Waals surface area (Å²) in [6.45, 7) is 14.7. The summed E-state index contributed by atoms with van der Waals surface area (Å²) in [7, 11) is 0. The predicted molar refractivity (Wildman–Crippen MR) is 216 cm³/mol. The minimum absolute atomic E-state index is 0.0333. The number of ether oxygens (including phenoxy) is 1. The Kier molecular flexibility index (Phi) is 17.8. The molecule has 2 amide bonds. The summed E-state index contributed by atoms with van der Waals surface area (Å²) in [5.74, 6) is -0.659. The fraction of sp³-hybridized carbons (Fsp3) is 0.419. The molecule has 0 fully saturated rings. The van der Waals surface area contributed by atoms with E-state index >= 15 is 0 Å². The zero-order chi connectivity index (χ0) is 39.5. The summed E-state index contributed by atoms with van der Waals surface area (Å²) in [6.07, 6.45) is 6.52. The third kappa shape index (κ3) is 15.1. The van der Waals surface area contributed by atoms with E-state index in [1.54, 1.807) is 18.3 Å². The van der Waals surface area contributed by atoms with Crippen molar-refractivity contribution in [3.8, 4) is 5.75 Å². The number of aliphatic imine (C=N–C) groups is 2. The molecule has 11 heteroatoms. The molecule has 1 unspecified atom stereocenters. The number of amidine groups is 1. The molecule has 54 heavy (non-hydrogen) atoms. The van der Waals surface area contributed by atoms with Gasteiger partial charge < -0.3 is 25.6 Å². The Labute approximate surface area is 320 Å². The van der Waals surface area contributed by atoms with Gasteiger partial charge in [-0.3, -0.25) is 19.7 Å². The lowest BCUT2D eigenvalue weighted by atomic mass is 9.86. The smallest absolute Gasteiger partial charge is 0.304 e. The van der Waals surface area contributed by atoms with E-state index in [-0.39, 0.29) is 31.3 Å². The molecule has 0 spiro atoms. The monoisotopic (exact) mass is 739 g/mol. The molecule has 3 aromatic rings. The Morgan fingerprint density at radius 2 is 1.52 bits per heavy atom. The van der Waals surface area contributed by atoms with Gasteiger partial charge in [0.15, 0.2) is 5.84 Å². The third-order valence-corrected chi connectivity index (χ3v) is 8.83. The summed E-state index contributed by atoms with van der Waals surface area (Å²) in [6, 6.07) is 21.6. The molecule has 0 aliphatic heterocycles. The second kappa shape index (κ2) is 22.2. The van der Waals surface area contributed by atoms with Crippen molar-refractivity contribution in [2.75, 3.05) is 19.7 Å². The van der Waals surface area contributed by atoms with Crippen molar-refractivity contribution in [2.24, 2.45) is 9.98 Å². The number of benzene rings is 3. The second-order valence-electron chi connectivity index (χ2n) is 14.3. The molecule has 0 aliphatic rings. The SMILES string of the molecule is C=NC(=N/C=C(\C)c1ccc(OCCCCCCC)cc1)c1ccc(C[C@H](NC(=O)c2ccc(C(C)(C)C)cc2)C(=O)NCC(O)NCCC(=O)O)cc1. The van der Waals surface area contributed by atoms with Gasteiger partial charge >= 0.3 is 5.97 Å². The largest absolute Gasteiger partial charge is 0.494 e. The van der Waals surface area contributed by atoms with E-state index in [0.717, 1.165) is 40.0 Å². The number of carbonyl (C=O) groups excluding carboxylic acids is 2. The number of hydrogen-bond donors (Lipinski definition) is 5. The molecule has 0 aromatic heterocycles. The molecule has 2 atom stereocenters. The summed E-state index contributed by atoms with van der Waals surface area (Å²) in [5.41, 5.74) is 4.83. The molecule has 3 aromatic carbocycles. The van der Waals surface area contributed by atoms with E-state index in [9.17, 15) is 19.5 Å². The minimum atomic E-state index is -1.17. The first-order chi connectivity index (χ1) is 25.8. The molecule has 3 rings (SSSR count). The van der Waals surface area contributed by atoms with Gasteiger partial charge in [-0.25, -0.2) is 9.98 Å². The summed E-state index contributed by atoms with van der Waals surface area (Å²) in [4.78, 5) is 46.2. The number of rotatable bonds is 21. The highest BCUT2D eigenvalue weighted by Crippen LogP contribution is 2.23. The Bertz CT molecular complexity index is 1710. The van der Waals surface area contributed by atoms with Crippen LogP contribution in [0.2, 0.25) is 0 Å². The van der Waals surface area contributed by atoms with Crippen molar-refractivity contribution >= 4 is 35.9 Å². The number of amides is 2. The number of unbranched alkanes of at least 4 members (excludes halogenated alkanes) is 4. The number of aliphatic hydroxyl groups is 1. The van der Waals surface area contributed by atoms with Crippen LogP contribution in [0, 0.1) is 0 Å². The normalized spacial score (nSPS) is 13.1. The van der Waals surface area contributed by atoms with Crippen LogP contribution < -0.4 is 20.7 Å². The Balaban J connectivity index is 1.70. The van der Waals surface area contributed by atoms with Gasteiger partial charge in [0.25, 0.3) is 5.91 Å². The fourth-order valence-corrected chi connectivity index (χ4v) is 5.49. The van der Waals surface area contributed by atoms with E-state index in [0.29, 0.717) is 18.0 Å². The van der Waals surface area contributed by atoms with Crippen LogP contribution in [0.4, 0.5) is 0 Å². The molecular formula is C43H57N5O6. The number of nitrogens with zero attached hydrogens (tertiary/aromatic N) is 2. The van der Waals surface area contributed by atoms with Gasteiger partial charge in [0.1, 0.15) is 18.0 Å². The van der Waals surface area contributed by atoms with Gasteiger partial charge in [0, 0.05) is 30.3 Å². The maximum atomic E-state index is 13.4. The highest BCUT2D eigenvalue weighted by molar-refractivity contribution is 6.02. The van der Waals surface area contributed by atoms with Crippen LogP contribution in [-0.2, 0) is 21.4 Å². The van der Waals surface area contributed by atoms with E-state index in [1.807, 2.05) is 67.6 Å². The third-order valence-electron chi connectivity index (χ3n) is 8.83. The van der Waals surface area contributed by atoms with Crippen molar-refractivity contribution in [1.82, 2.24) is 16.0 Å². The van der Waals surface area contributed by atoms with Crippen molar-refractivity contribution in [3.05, 3.63) is 107 Å². The van der Waals surface area contributed by atoms with E-state index in [1.165, 1.54) is 25.7 Å². The van der Waals surface area contributed by atoms with Crippen LogP contribution in [-0.4, -0.2) is 72.5 Å². The van der Waals surface area contributed by atoms with Gasteiger partial charge in [-0.05, 0) is 72.0 Å². The number of carbonyl (C=O) groups is 3. The van der Waals surface area contributed by atoms with Crippen molar-refractivity contribution in [1.29, 1.82) is 0 Å². The molecule has 0 saturated carbocycles. The zero-order valence-electron chi connectivity index (χ0n) is 32.4. The number of nitrogens with one attached hydrogen (secondary N) is 3. The minimum Gasteiger partial charge on any atom is -0.494 e. The molecule has 0 saturated heterocycles. The number of allylic oxidation sites excluding steroid dienone is 1. The highest BCUT2D eigenvalue weighted by atomic mass is 16.5. The maximum Gasteiger partial charge on any atom is 0.304 e. The Hall–Kier alpha value is -5.13. The number of carboxylic acids is 1. The first kappa shape index (κ1) is 43.3. The second-order valence-corrected chi connectivity index (χ2v) is 14.3. The number of hydrogen-bond acceptors (Lipinski definition) is 7. The van der Waals surface area contributed by atoms with Crippen molar-refractivity contribution < 1.29 is 29.3 Å². The molecule has 0 bridgehead atoms. The molecule has 290 valence electrons. The fourth-order valence-electron chi connectivity index (χ4n) is 5.49. The predicted octanol–water partition coefficient (Wildman–Crippen LogP) is 6.68. The lowest BCUT2D eigenvalue weighted by Gasteiger charge is -2.21. The lowest BCUT2D eigenvalue weighted by molar-refractivity contribution is -0.137. The van der Waals surface area contributed by atoms with Crippen LogP contribution in [0.3, 0.4) is 0 Å². The van der Waals surface area contributed by atoms with Crippen LogP contribution in [0.5, 0.6) is 5.75 Å². The highest BCUT2D eigenvalue weighted by Gasteiger charge is 2.23. The number of aliphatic hydroxyl groups excluding tert-OH is 1. The van der Waals surface area contributed by atoms with Crippen molar-refractivity contribution in [2.45, 2.75) is 97.2 Å². The van der Waals surface area contributed by atoms with Gasteiger partial charge in [0.05, 0.1) is 19.6 Å². The summed E-state index contributed by atoms with van der Waals surface area (Å²) >= 11 is 0. The maximum absolute atomic E-state index is 13.4. The average Bonchev–Trinajstić information content (AvgIpc) is 3.15. The van der Waals surface area contributed by atoms with Gasteiger partial charge in [-0.2, -0.15) is 0 Å². The standard InChI is InChI=1S/C43H57N5O6/c1-7-8-9-10-11-26-54-36-22-18-32(19-23-36)30(2)28-46-40(44-6)33-14-12-31(13-15-33)27-37(42(53)47-29-38(49)45-25-24-39(50)51)48-41(52)34-16-20-35(21-17-34)43(3,4)5/h12-23,28,37-38,45,49H,6-11,24-27,29H2,1-5H3,(H,47,53)(H,48,52)(H,50,51)/b30-28+,46-40?/t37-,38?/m0/s1. The van der Waals surface area contributed by atoms with Crippen LogP contribution in [0.15, 0.2) is 89.0 Å². The zero-order valence-corrected chi connectivity index (χ0v) is 32.4. The average molecular weight is 740 g/mol. The van der Waals surface area contributed by atoms with E-state index in [2.05, 4.69) is 60.3 Å². The topological polar surface area (TPSA) is 162 Å². The van der Waals surface area contributed by atoms with Gasteiger partial charge in [0.2, 0.25) is 5.91 Å². The molecule has 0 heterocycles. The van der Waals surface area contributed by atoms with Gasteiger partial charge in [-0.1, -0.05) is 102 Å². The van der Waals surface area contributed by atoms with Gasteiger partial charge in [-0.15, -0.1) is 0 Å². The Morgan fingerprint density at radius 1 is 0.889 bits per heavy atom. The first-order valence-electron chi connectivity index (χ1n) is 18.7. The van der Waals surface area contributed by atoms with Crippen LogP contribution in [0.1, 0.15) is 106 Å². The van der Waals surface area contributed by atoms with E-state index < -0.39 is 30.1 Å². The molecule has 0 aliphatic carbocycles. The molecule has 0 radical (unpaired) electrons. The van der Waals surface area contributed by atoms with Crippen LogP contribution in [0.25, 0.3) is 5.57 Å². The molecule has 11 nitrogen and oxygen atoms in total. The van der Waals surface area contributed by atoms with E-state index in [4.69, 9.17) is 9.84 Å². The lowest BCUT2D eigenvalue weighted by Crippen LogP contribution is -2.51. The summed E-state index contributed by atoms with van der Waals surface area (Å²) < 4.78 is 5.89. The molecular weight excluding hydrogens is 683 g/mol. The first-order valence-corrected chi connectivity index (χ1v) is 18.7. The Morgan fingerprint density at radius 3 is 2.13 bits per heavy atom. The quantitative estimate of drug-likeness (QED) is 0.0352. The number of aliphatic carboxylic acids is 1. The molecule has 5 N–H and O–H groups in total. The van der Waals surface area contributed by atoms with Crippen molar-refractivity contribution in [3.63, 3.8) is 0 Å². The summed E-state index contributed by atoms with van der Waals surface area (Å²) in [5, 5.41) is 27.2.